The highest BCUT2D eigenvalue weighted by atomic mass is 35.5. The van der Waals surface area contributed by atoms with Gasteiger partial charge >= 0.3 is 0 Å². The number of hydrogen-bond donors (Lipinski definition) is 1. The molecular formula is C10H6ClFN2O2S. The first kappa shape index (κ1) is 11.9. The zero-order valence-electron chi connectivity index (χ0n) is 8.58. The predicted molar refractivity (Wildman–Crippen MR) is 60.5 cm³/mol. The summed E-state index contributed by atoms with van der Waals surface area (Å²) >= 11 is 5.57. The van der Waals surface area contributed by atoms with Gasteiger partial charge in [-0.2, -0.15) is 5.26 Å². The van der Waals surface area contributed by atoms with E-state index in [4.69, 9.17) is 16.9 Å². The van der Waals surface area contributed by atoms with Crippen molar-refractivity contribution in [2.75, 3.05) is 5.32 Å². The monoisotopic (exact) mass is 272 g/mol. The summed E-state index contributed by atoms with van der Waals surface area (Å²) in [6.45, 7) is 1.45. The normalized spacial score (nSPS) is 17.1. The van der Waals surface area contributed by atoms with Gasteiger partial charge in [-0.15, -0.1) is 0 Å². The Bertz CT molecular complexity index is 689. The fraction of sp³-hybridized carbons (Fsp3) is 0.100. The average molecular weight is 273 g/mol. The molecule has 88 valence electrons. The Labute approximate surface area is 102 Å². The van der Waals surface area contributed by atoms with Crippen molar-refractivity contribution in [3.8, 4) is 6.07 Å². The van der Waals surface area contributed by atoms with Gasteiger partial charge in [-0.25, -0.2) is 12.8 Å². The molecule has 0 aromatic heterocycles. The third kappa shape index (κ3) is 1.68. The largest absolute Gasteiger partial charge is 0.356 e. The summed E-state index contributed by atoms with van der Waals surface area (Å²) in [6, 6.07) is 3.58. The van der Waals surface area contributed by atoms with Crippen molar-refractivity contribution >= 4 is 27.1 Å². The van der Waals surface area contributed by atoms with Gasteiger partial charge in [-0.3, -0.25) is 0 Å². The smallest absolute Gasteiger partial charge is 0.220 e. The highest BCUT2D eigenvalue weighted by Crippen LogP contribution is 2.36. The Morgan fingerprint density at radius 3 is 2.71 bits per heavy atom. The van der Waals surface area contributed by atoms with Crippen LogP contribution in [0.4, 0.5) is 10.1 Å². The van der Waals surface area contributed by atoms with E-state index in [1.807, 2.05) is 0 Å². The van der Waals surface area contributed by atoms with Crippen LogP contribution in [0.3, 0.4) is 0 Å². The van der Waals surface area contributed by atoms with Gasteiger partial charge < -0.3 is 5.32 Å². The third-order valence-electron chi connectivity index (χ3n) is 2.35. The standard InChI is InChI=1S/C10H6ClFN2O2S/c1-5-10(4-13)17(15,16)9-3-7(12)6(11)2-8(9)14-5/h2-3,14H,1H3. The number of benzene rings is 1. The maximum atomic E-state index is 13.3. The molecule has 1 aliphatic heterocycles. The van der Waals surface area contributed by atoms with Gasteiger partial charge in [0.1, 0.15) is 11.9 Å². The lowest BCUT2D eigenvalue weighted by molar-refractivity contribution is 0.596. The zero-order valence-corrected chi connectivity index (χ0v) is 10.2. The Morgan fingerprint density at radius 1 is 1.47 bits per heavy atom. The molecule has 0 aliphatic carbocycles. The van der Waals surface area contributed by atoms with E-state index in [0.29, 0.717) is 0 Å². The van der Waals surface area contributed by atoms with E-state index in [9.17, 15) is 12.8 Å². The number of halogens is 2. The van der Waals surface area contributed by atoms with E-state index in [1.54, 1.807) is 6.07 Å². The Morgan fingerprint density at radius 2 is 2.12 bits per heavy atom. The summed E-state index contributed by atoms with van der Waals surface area (Å²) in [5, 5.41) is 11.3. The average Bonchev–Trinajstić information content (AvgIpc) is 2.21. The highest BCUT2D eigenvalue weighted by Gasteiger charge is 2.31. The quantitative estimate of drug-likeness (QED) is 0.787. The first-order chi connectivity index (χ1) is 7.87. The van der Waals surface area contributed by atoms with Gasteiger partial charge in [0.2, 0.25) is 9.84 Å². The second-order valence-electron chi connectivity index (χ2n) is 3.46. The molecule has 0 spiro atoms. The molecule has 2 rings (SSSR count). The molecule has 1 aromatic rings. The fourth-order valence-electron chi connectivity index (χ4n) is 1.56. The van der Waals surface area contributed by atoms with Crippen molar-refractivity contribution in [2.45, 2.75) is 11.8 Å². The predicted octanol–water partition coefficient (Wildman–Crippen LogP) is 2.43. The molecule has 0 fully saturated rings. The fourth-order valence-corrected chi connectivity index (χ4v) is 3.18. The van der Waals surface area contributed by atoms with Gasteiger partial charge in [-0.05, 0) is 19.1 Å². The number of sulfone groups is 1. The minimum atomic E-state index is -3.96. The molecule has 1 aliphatic rings. The van der Waals surface area contributed by atoms with Crippen LogP contribution in [0.5, 0.6) is 0 Å². The molecule has 0 unspecified atom stereocenters. The number of allylic oxidation sites excluding steroid dienone is 2. The van der Waals surface area contributed by atoms with Gasteiger partial charge in [0.15, 0.2) is 4.91 Å². The first-order valence-corrected chi connectivity index (χ1v) is 6.36. The lowest BCUT2D eigenvalue weighted by Crippen LogP contribution is -2.17. The van der Waals surface area contributed by atoms with E-state index in [1.165, 1.54) is 13.0 Å². The minimum Gasteiger partial charge on any atom is -0.356 e. The maximum absolute atomic E-state index is 13.3. The van der Waals surface area contributed by atoms with Crippen LogP contribution in [-0.4, -0.2) is 8.42 Å². The summed E-state index contributed by atoms with van der Waals surface area (Å²) in [7, 11) is -3.96. The number of nitriles is 1. The first-order valence-electron chi connectivity index (χ1n) is 4.50. The van der Waals surface area contributed by atoms with Crippen molar-refractivity contribution in [3.63, 3.8) is 0 Å². The minimum absolute atomic E-state index is 0.174. The summed E-state index contributed by atoms with van der Waals surface area (Å²) in [5.41, 5.74) is 0.371. The second-order valence-corrected chi connectivity index (χ2v) is 5.72. The van der Waals surface area contributed by atoms with Crippen LogP contribution in [0.2, 0.25) is 5.02 Å². The molecule has 0 atom stereocenters. The maximum Gasteiger partial charge on any atom is 0.220 e. The summed E-state index contributed by atoms with van der Waals surface area (Å²) in [4.78, 5) is -0.687. The lowest BCUT2D eigenvalue weighted by Gasteiger charge is -2.19. The van der Waals surface area contributed by atoms with Gasteiger partial charge in [-0.1, -0.05) is 11.6 Å². The molecule has 1 heterocycles. The Kier molecular flexibility index (Phi) is 2.60. The number of hydrogen-bond acceptors (Lipinski definition) is 4. The van der Waals surface area contributed by atoms with Gasteiger partial charge in [0.05, 0.1) is 15.6 Å². The van der Waals surface area contributed by atoms with Crippen LogP contribution in [-0.2, 0) is 9.84 Å². The Hall–Kier alpha value is -1.58. The molecule has 0 radical (unpaired) electrons. The highest BCUT2D eigenvalue weighted by molar-refractivity contribution is 7.95. The van der Waals surface area contributed by atoms with Crippen LogP contribution >= 0.6 is 11.6 Å². The topological polar surface area (TPSA) is 70.0 Å². The second kappa shape index (κ2) is 3.72. The van der Waals surface area contributed by atoms with Crippen LogP contribution < -0.4 is 5.32 Å². The number of nitrogens with one attached hydrogen (secondary N) is 1. The SMILES string of the molecule is CC1=C(C#N)S(=O)(=O)c2cc(F)c(Cl)cc2N1. The molecule has 0 bridgehead atoms. The molecule has 0 saturated heterocycles. The van der Waals surface area contributed by atoms with E-state index in [0.717, 1.165) is 6.07 Å². The van der Waals surface area contributed by atoms with E-state index < -0.39 is 20.6 Å². The molecule has 1 aromatic carbocycles. The third-order valence-corrected chi connectivity index (χ3v) is 4.49. The van der Waals surface area contributed by atoms with E-state index in [-0.39, 0.29) is 21.3 Å². The van der Waals surface area contributed by atoms with Crippen LogP contribution in [0.1, 0.15) is 6.92 Å². The van der Waals surface area contributed by atoms with Gasteiger partial charge in [0, 0.05) is 5.70 Å². The summed E-state index contributed by atoms with van der Waals surface area (Å²) in [6.07, 6.45) is 0. The van der Waals surface area contributed by atoms with Crippen LogP contribution in [0.25, 0.3) is 0 Å². The Balaban J connectivity index is 2.81. The molecule has 7 heteroatoms. The van der Waals surface area contributed by atoms with Crippen molar-refractivity contribution < 1.29 is 12.8 Å². The van der Waals surface area contributed by atoms with Crippen LogP contribution in [0, 0.1) is 17.1 Å². The van der Waals surface area contributed by atoms with Gasteiger partial charge in [0.25, 0.3) is 0 Å². The van der Waals surface area contributed by atoms with E-state index in [2.05, 4.69) is 5.32 Å². The van der Waals surface area contributed by atoms with Crippen molar-refractivity contribution in [2.24, 2.45) is 0 Å². The lowest BCUT2D eigenvalue weighted by atomic mass is 10.3. The zero-order chi connectivity index (χ0) is 12.8. The number of fused-ring (bicyclic) bond motifs is 1. The van der Waals surface area contributed by atoms with Crippen molar-refractivity contribution in [1.29, 1.82) is 5.26 Å². The summed E-state index contributed by atoms with van der Waals surface area (Å²) in [5.74, 6) is -0.840. The number of nitrogens with zero attached hydrogens (tertiary/aromatic N) is 1. The number of rotatable bonds is 0. The van der Waals surface area contributed by atoms with Crippen molar-refractivity contribution in [1.82, 2.24) is 0 Å². The molecule has 0 amide bonds. The van der Waals surface area contributed by atoms with Crippen LogP contribution in [0.15, 0.2) is 27.6 Å². The van der Waals surface area contributed by atoms with Crippen molar-refractivity contribution in [3.05, 3.63) is 33.6 Å². The molecule has 4 nitrogen and oxygen atoms in total. The number of anilines is 1. The summed E-state index contributed by atoms with van der Waals surface area (Å²) < 4.78 is 37.2. The molecule has 1 N–H and O–H groups in total. The molecule has 17 heavy (non-hydrogen) atoms. The molecular weight excluding hydrogens is 267 g/mol. The van der Waals surface area contributed by atoms with E-state index >= 15 is 0 Å². The molecule has 0 saturated carbocycles.